The van der Waals surface area contributed by atoms with Gasteiger partial charge in [-0.3, -0.25) is 0 Å². The van der Waals surface area contributed by atoms with Gasteiger partial charge < -0.3 is 5.32 Å². The molecule has 0 saturated heterocycles. The summed E-state index contributed by atoms with van der Waals surface area (Å²) in [5.74, 6) is 0. The lowest BCUT2D eigenvalue weighted by molar-refractivity contribution is 0.338. The van der Waals surface area contributed by atoms with Crippen LogP contribution in [0, 0.1) is 5.41 Å². The van der Waals surface area contributed by atoms with Crippen LogP contribution < -0.4 is 5.32 Å². The molecule has 1 heterocycles. The highest BCUT2D eigenvalue weighted by atomic mass is 32.1. The number of hydrogen-bond acceptors (Lipinski definition) is 2. The van der Waals surface area contributed by atoms with Gasteiger partial charge in [-0.1, -0.05) is 19.9 Å². The SMILES string of the molecule is CCCNC(CCc1cccs1)C1(C)CC1. The summed E-state index contributed by atoms with van der Waals surface area (Å²) in [6.45, 7) is 5.86. The first-order valence-corrected chi connectivity index (χ1v) is 7.38. The van der Waals surface area contributed by atoms with Crippen LogP contribution in [0.5, 0.6) is 0 Å². The molecule has 1 aromatic heterocycles. The largest absolute Gasteiger partial charge is 0.313 e. The molecule has 0 spiro atoms. The molecule has 0 radical (unpaired) electrons. The van der Waals surface area contributed by atoms with Crippen LogP contribution in [0.4, 0.5) is 0 Å². The Kier molecular flexibility index (Phi) is 4.04. The van der Waals surface area contributed by atoms with E-state index in [0.717, 1.165) is 6.04 Å². The van der Waals surface area contributed by atoms with Gasteiger partial charge >= 0.3 is 0 Å². The average molecular weight is 237 g/mol. The second kappa shape index (κ2) is 5.33. The second-order valence-electron chi connectivity index (χ2n) is 5.28. The molecule has 2 rings (SSSR count). The lowest BCUT2D eigenvalue weighted by Crippen LogP contribution is -2.37. The zero-order chi connectivity index (χ0) is 11.4. The first kappa shape index (κ1) is 12.1. The Bertz CT molecular complexity index is 301. The normalized spacial score (nSPS) is 19.6. The molecule has 1 aliphatic carbocycles. The zero-order valence-electron chi connectivity index (χ0n) is 10.5. The van der Waals surface area contributed by atoms with Crippen LogP contribution in [0.25, 0.3) is 0 Å². The third-order valence-corrected chi connectivity index (χ3v) is 4.72. The summed E-state index contributed by atoms with van der Waals surface area (Å²) < 4.78 is 0. The maximum atomic E-state index is 3.74. The van der Waals surface area contributed by atoms with Gasteiger partial charge in [-0.2, -0.15) is 0 Å². The Morgan fingerprint density at radius 3 is 2.88 bits per heavy atom. The third-order valence-electron chi connectivity index (χ3n) is 3.78. The molecule has 1 N–H and O–H groups in total. The first-order valence-electron chi connectivity index (χ1n) is 6.50. The maximum absolute atomic E-state index is 3.74. The van der Waals surface area contributed by atoms with Gasteiger partial charge in [0.2, 0.25) is 0 Å². The van der Waals surface area contributed by atoms with Gasteiger partial charge in [0, 0.05) is 10.9 Å². The molecule has 1 aromatic rings. The highest BCUT2D eigenvalue weighted by molar-refractivity contribution is 7.09. The van der Waals surface area contributed by atoms with E-state index in [4.69, 9.17) is 0 Å². The second-order valence-corrected chi connectivity index (χ2v) is 6.31. The molecule has 1 nitrogen and oxygen atoms in total. The third kappa shape index (κ3) is 3.08. The minimum absolute atomic E-state index is 0.604. The minimum atomic E-state index is 0.604. The van der Waals surface area contributed by atoms with E-state index in [2.05, 4.69) is 36.7 Å². The van der Waals surface area contributed by atoms with Gasteiger partial charge in [-0.15, -0.1) is 11.3 Å². The Labute approximate surface area is 103 Å². The molecule has 90 valence electrons. The molecule has 1 atom stereocenters. The Balaban J connectivity index is 1.82. The molecule has 1 fully saturated rings. The van der Waals surface area contributed by atoms with E-state index in [0.29, 0.717) is 5.41 Å². The number of nitrogens with one attached hydrogen (secondary N) is 1. The van der Waals surface area contributed by atoms with Crippen molar-refractivity contribution in [3.8, 4) is 0 Å². The minimum Gasteiger partial charge on any atom is -0.313 e. The highest BCUT2D eigenvalue weighted by Gasteiger charge is 2.43. The van der Waals surface area contributed by atoms with E-state index in [1.165, 1.54) is 43.5 Å². The molecule has 0 amide bonds. The molecule has 0 aromatic carbocycles. The smallest absolute Gasteiger partial charge is 0.0124 e. The summed E-state index contributed by atoms with van der Waals surface area (Å²) in [5.41, 5.74) is 0.604. The summed E-state index contributed by atoms with van der Waals surface area (Å²) in [4.78, 5) is 1.53. The van der Waals surface area contributed by atoms with E-state index < -0.39 is 0 Å². The van der Waals surface area contributed by atoms with Crippen LogP contribution in [0.2, 0.25) is 0 Å². The molecule has 16 heavy (non-hydrogen) atoms. The fourth-order valence-electron chi connectivity index (χ4n) is 2.30. The standard InChI is InChI=1S/C14H23NS/c1-3-10-15-13(14(2)8-9-14)7-6-12-5-4-11-16-12/h4-5,11,13,15H,3,6-10H2,1-2H3. The molecule has 0 bridgehead atoms. The fraction of sp³-hybridized carbons (Fsp3) is 0.714. The monoisotopic (exact) mass is 237 g/mol. The molecule has 0 aliphatic heterocycles. The van der Waals surface area contributed by atoms with E-state index in [9.17, 15) is 0 Å². The topological polar surface area (TPSA) is 12.0 Å². The van der Waals surface area contributed by atoms with Crippen LogP contribution in [0.1, 0.15) is 44.4 Å². The van der Waals surface area contributed by atoms with Crippen LogP contribution in [-0.4, -0.2) is 12.6 Å². The summed E-state index contributed by atoms with van der Waals surface area (Å²) in [6.07, 6.45) is 6.62. The van der Waals surface area contributed by atoms with Crippen LogP contribution in [-0.2, 0) is 6.42 Å². The Morgan fingerprint density at radius 2 is 2.31 bits per heavy atom. The summed E-state index contributed by atoms with van der Waals surface area (Å²) in [7, 11) is 0. The quantitative estimate of drug-likeness (QED) is 0.759. The van der Waals surface area contributed by atoms with Crippen LogP contribution in [0.15, 0.2) is 17.5 Å². The van der Waals surface area contributed by atoms with Crippen molar-refractivity contribution in [3.05, 3.63) is 22.4 Å². The van der Waals surface area contributed by atoms with Crippen molar-refractivity contribution in [2.24, 2.45) is 5.41 Å². The van der Waals surface area contributed by atoms with Crippen molar-refractivity contribution in [2.75, 3.05) is 6.54 Å². The maximum Gasteiger partial charge on any atom is 0.0124 e. The molecule has 1 unspecified atom stereocenters. The lowest BCUT2D eigenvalue weighted by atomic mass is 9.94. The van der Waals surface area contributed by atoms with Gasteiger partial charge in [0.1, 0.15) is 0 Å². The van der Waals surface area contributed by atoms with E-state index in [1.807, 2.05) is 11.3 Å². The average Bonchev–Trinajstić information content (AvgIpc) is 2.83. The van der Waals surface area contributed by atoms with Crippen molar-refractivity contribution in [1.29, 1.82) is 0 Å². The Morgan fingerprint density at radius 1 is 1.50 bits per heavy atom. The summed E-state index contributed by atoms with van der Waals surface area (Å²) in [5, 5.41) is 5.92. The van der Waals surface area contributed by atoms with Crippen molar-refractivity contribution in [3.63, 3.8) is 0 Å². The van der Waals surface area contributed by atoms with E-state index in [-0.39, 0.29) is 0 Å². The number of rotatable bonds is 7. The van der Waals surface area contributed by atoms with Crippen molar-refractivity contribution < 1.29 is 0 Å². The number of thiophene rings is 1. The predicted octanol–water partition coefficient (Wildman–Crippen LogP) is 3.85. The Hall–Kier alpha value is -0.340. The number of hydrogen-bond donors (Lipinski definition) is 1. The molecular weight excluding hydrogens is 214 g/mol. The van der Waals surface area contributed by atoms with Crippen LogP contribution in [0.3, 0.4) is 0 Å². The van der Waals surface area contributed by atoms with Gasteiger partial charge in [0.15, 0.2) is 0 Å². The van der Waals surface area contributed by atoms with Crippen molar-refractivity contribution in [2.45, 2.75) is 52.0 Å². The zero-order valence-corrected chi connectivity index (χ0v) is 11.3. The molecule has 2 heteroatoms. The lowest BCUT2D eigenvalue weighted by Gasteiger charge is -2.24. The van der Waals surface area contributed by atoms with Gasteiger partial charge in [0.05, 0.1) is 0 Å². The number of aryl methyl sites for hydroxylation is 1. The van der Waals surface area contributed by atoms with Crippen molar-refractivity contribution in [1.82, 2.24) is 5.32 Å². The molecule has 1 saturated carbocycles. The fourth-order valence-corrected chi connectivity index (χ4v) is 3.03. The molecular formula is C14H23NS. The highest BCUT2D eigenvalue weighted by Crippen LogP contribution is 2.49. The van der Waals surface area contributed by atoms with E-state index >= 15 is 0 Å². The van der Waals surface area contributed by atoms with Crippen molar-refractivity contribution >= 4 is 11.3 Å². The van der Waals surface area contributed by atoms with E-state index in [1.54, 1.807) is 0 Å². The summed E-state index contributed by atoms with van der Waals surface area (Å²) >= 11 is 1.89. The summed E-state index contributed by atoms with van der Waals surface area (Å²) in [6, 6.07) is 5.15. The predicted molar refractivity (Wildman–Crippen MR) is 72.1 cm³/mol. The van der Waals surface area contributed by atoms with Gasteiger partial charge in [-0.25, -0.2) is 0 Å². The van der Waals surface area contributed by atoms with Gasteiger partial charge in [0.25, 0.3) is 0 Å². The van der Waals surface area contributed by atoms with Crippen LogP contribution >= 0.6 is 11.3 Å². The first-order chi connectivity index (χ1) is 7.74. The molecule has 1 aliphatic rings. The van der Waals surface area contributed by atoms with Gasteiger partial charge in [-0.05, 0) is 55.5 Å².